The molecule has 0 aromatic heterocycles. The van der Waals surface area contributed by atoms with E-state index >= 15 is 0 Å². The first-order chi connectivity index (χ1) is 13.0. The number of hydrogen-bond acceptors (Lipinski definition) is 4. The number of benzene rings is 2. The minimum Gasteiger partial charge on any atom is -0.478 e. The number of carbonyl (C=O) groups excluding carboxylic acids is 1. The maximum atomic E-state index is 12.4. The minimum absolute atomic E-state index is 0.0354. The summed E-state index contributed by atoms with van der Waals surface area (Å²) in [7, 11) is 0. The fourth-order valence-corrected chi connectivity index (χ4v) is 2.65. The van der Waals surface area contributed by atoms with E-state index < -0.39 is 11.9 Å². The normalized spacial score (nSPS) is 10.8. The zero-order chi connectivity index (χ0) is 19.8. The van der Waals surface area contributed by atoms with Crippen molar-refractivity contribution in [2.24, 2.45) is 0 Å². The summed E-state index contributed by atoms with van der Waals surface area (Å²) in [6, 6.07) is 15.5. The Kier molecular flexibility index (Phi) is 6.73. The van der Waals surface area contributed by atoms with E-state index in [9.17, 15) is 20.0 Å². The van der Waals surface area contributed by atoms with E-state index in [0.29, 0.717) is 5.56 Å². The Morgan fingerprint density at radius 2 is 1.74 bits per heavy atom. The minimum atomic E-state index is -1.15. The van der Waals surface area contributed by atoms with Crippen LogP contribution < -0.4 is 10.2 Å². The number of nitrogens with zero attached hydrogens (tertiary/aromatic N) is 2. The molecule has 2 N–H and O–H groups in total. The Labute approximate surface area is 158 Å². The van der Waals surface area contributed by atoms with Crippen LogP contribution in [-0.2, 0) is 4.79 Å². The average Bonchev–Trinajstić information content (AvgIpc) is 2.68. The van der Waals surface area contributed by atoms with Crippen LogP contribution >= 0.6 is 0 Å². The highest BCUT2D eigenvalue weighted by Crippen LogP contribution is 2.19. The second-order valence-corrected chi connectivity index (χ2v) is 5.74. The highest BCUT2D eigenvalue weighted by molar-refractivity contribution is 6.11. The molecule has 6 heteroatoms. The summed E-state index contributed by atoms with van der Waals surface area (Å²) in [6.45, 7) is 5.93. The molecule has 27 heavy (non-hydrogen) atoms. The van der Waals surface area contributed by atoms with Crippen LogP contribution in [0.25, 0.3) is 6.08 Å². The first-order valence-electron chi connectivity index (χ1n) is 8.60. The highest BCUT2D eigenvalue weighted by atomic mass is 16.4. The number of aromatic carboxylic acids is 1. The largest absolute Gasteiger partial charge is 0.478 e. The lowest BCUT2D eigenvalue weighted by molar-refractivity contribution is -0.112. The monoisotopic (exact) mass is 363 g/mol. The average molecular weight is 363 g/mol. The summed E-state index contributed by atoms with van der Waals surface area (Å²) in [5.74, 6) is -1.81. The summed E-state index contributed by atoms with van der Waals surface area (Å²) >= 11 is 0. The number of anilines is 2. The summed E-state index contributed by atoms with van der Waals surface area (Å²) < 4.78 is 0. The van der Waals surface area contributed by atoms with Gasteiger partial charge in [-0.05, 0) is 49.8 Å². The molecule has 0 atom stereocenters. The van der Waals surface area contributed by atoms with Crippen molar-refractivity contribution >= 4 is 29.3 Å². The van der Waals surface area contributed by atoms with Crippen LogP contribution in [0.3, 0.4) is 0 Å². The fraction of sp³-hybridized carbons (Fsp3) is 0.190. The molecule has 0 fully saturated rings. The lowest BCUT2D eigenvalue weighted by Crippen LogP contribution is -2.21. The van der Waals surface area contributed by atoms with Crippen LogP contribution in [0, 0.1) is 11.3 Å². The zero-order valence-corrected chi connectivity index (χ0v) is 15.3. The standard InChI is InChI=1S/C21H21N3O3/c1-3-24(4-2)17-11-9-15(10-12-17)13-16(14-22)20(25)23-19-8-6-5-7-18(19)21(26)27/h5-13H,3-4H2,1-2H3,(H,23,25)(H,26,27). The van der Waals surface area contributed by atoms with E-state index in [0.717, 1.165) is 18.8 Å². The van der Waals surface area contributed by atoms with Gasteiger partial charge in [-0.15, -0.1) is 0 Å². The molecule has 0 radical (unpaired) electrons. The van der Waals surface area contributed by atoms with Crippen molar-refractivity contribution in [3.63, 3.8) is 0 Å². The number of carbonyl (C=O) groups is 2. The zero-order valence-electron chi connectivity index (χ0n) is 15.3. The van der Waals surface area contributed by atoms with E-state index in [-0.39, 0.29) is 16.8 Å². The van der Waals surface area contributed by atoms with Gasteiger partial charge >= 0.3 is 5.97 Å². The van der Waals surface area contributed by atoms with E-state index in [1.54, 1.807) is 12.1 Å². The second kappa shape index (κ2) is 9.20. The Morgan fingerprint density at radius 3 is 2.30 bits per heavy atom. The molecule has 138 valence electrons. The third kappa shape index (κ3) is 4.95. The third-order valence-corrected chi connectivity index (χ3v) is 4.10. The number of rotatable bonds is 7. The molecular formula is C21H21N3O3. The quantitative estimate of drug-likeness (QED) is 0.577. The van der Waals surface area contributed by atoms with Crippen LogP contribution in [0.1, 0.15) is 29.8 Å². The van der Waals surface area contributed by atoms with Crippen molar-refractivity contribution in [3.8, 4) is 6.07 Å². The maximum Gasteiger partial charge on any atom is 0.337 e. The van der Waals surface area contributed by atoms with Crippen LogP contribution in [0.2, 0.25) is 0 Å². The second-order valence-electron chi connectivity index (χ2n) is 5.74. The summed E-state index contributed by atoms with van der Waals surface area (Å²) in [5.41, 5.74) is 1.78. The number of carboxylic acid groups (broad SMARTS) is 1. The molecule has 2 aromatic carbocycles. The van der Waals surface area contributed by atoms with Gasteiger partial charge in [0.15, 0.2) is 0 Å². The Balaban J connectivity index is 2.22. The molecule has 0 spiro atoms. The molecule has 0 heterocycles. The van der Waals surface area contributed by atoms with Gasteiger partial charge in [0.25, 0.3) is 5.91 Å². The van der Waals surface area contributed by atoms with Crippen molar-refractivity contribution in [2.75, 3.05) is 23.3 Å². The molecule has 0 aliphatic heterocycles. The molecule has 2 rings (SSSR count). The van der Waals surface area contributed by atoms with Gasteiger partial charge in [0.05, 0.1) is 11.3 Å². The number of nitriles is 1. The number of hydrogen-bond donors (Lipinski definition) is 2. The first kappa shape index (κ1) is 19.7. The van der Waals surface area contributed by atoms with Crippen molar-refractivity contribution < 1.29 is 14.7 Å². The van der Waals surface area contributed by atoms with Gasteiger partial charge in [0.2, 0.25) is 0 Å². The first-order valence-corrected chi connectivity index (χ1v) is 8.60. The van der Waals surface area contributed by atoms with Gasteiger partial charge in [-0.2, -0.15) is 5.26 Å². The molecule has 0 saturated carbocycles. The predicted molar refractivity (Wildman–Crippen MR) is 106 cm³/mol. The maximum absolute atomic E-state index is 12.4. The smallest absolute Gasteiger partial charge is 0.337 e. The molecule has 0 aliphatic carbocycles. The van der Waals surface area contributed by atoms with Crippen LogP contribution in [-0.4, -0.2) is 30.1 Å². The molecule has 0 saturated heterocycles. The van der Waals surface area contributed by atoms with E-state index in [4.69, 9.17) is 0 Å². The summed E-state index contributed by atoms with van der Waals surface area (Å²) in [4.78, 5) is 25.8. The Hall–Kier alpha value is -3.59. The highest BCUT2D eigenvalue weighted by Gasteiger charge is 2.14. The number of carboxylic acids is 1. The molecule has 6 nitrogen and oxygen atoms in total. The van der Waals surface area contributed by atoms with Crippen molar-refractivity contribution in [2.45, 2.75) is 13.8 Å². The van der Waals surface area contributed by atoms with E-state index in [2.05, 4.69) is 24.1 Å². The molecule has 0 aliphatic rings. The number of nitrogens with one attached hydrogen (secondary N) is 1. The van der Waals surface area contributed by atoms with Gasteiger partial charge < -0.3 is 15.3 Å². The van der Waals surface area contributed by atoms with E-state index in [1.165, 1.54) is 18.2 Å². The molecule has 0 unspecified atom stereocenters. The SMILES string of the molecule is CCN(CC)c1ccc(C=C(C#N)C(=O)Nc2ccccc2C(=O)O)cc1. The van der Waals surface area contributed by atoms with Crippen LogP contribution in [0.5, 0.6) is 0 Å². The molecular weight excluding hydrogens is 342 g/mol. The van der Waals surface area contributed by atoms with Crippen molar-refractivity contribution in [1.82, 2.24) is 0 Å². The van der Waals surface area contributed by atoms with E-state index in [1.807, 2.05) is 30.3 Å². The fourth-order valence-electron chi connectivity index (χ4n) is 2.65. The van der Waals surface area contributed by atoms with Crippen LogP contribution in [0.15, 0.2) is 54.1 Å². The predicted octanol–water partition coefficient (Wildman–Crippen LogP) is 3.78. The Bertz CT molecular complexity index is 892. The lowest BCUT2D eigenvalue weighted by atomic mass is 10.1. The van der Waals surface area contributed by atoms with Crippen molar-refractivity contribution in [3.05, 3.63) is 65.2 Å². The summed E-state index contributed by atoms with van der Waals surface area (Å²) in [6.07, 6.45) is 1.48. The van der Waals surface area contributed by atoms with Crippen LogP contribution in [0.4, 0.5) is 11.4 Å². The number of para-hydroxylation sites is 1. The van der Waals surface area contributed by atoms with Crippen molar-refractivity contribution in [1.29, 1.82) is 5.26 Å². The van der Waals surface area contributed by atoms with Gasteiger partial charge in [0.1, 0.15) is 11.6 Å². The van der Waals surface area contributed by atoms with Gasteiger partial charge in [0, 0.05) is 18.8 Å². The third-order valence-electron chi connectivity index (χ3n) is 4.10. The summed E-state index contributed by atoms with van der Waals surface area (Å²) in [5, 5.41) is 21.0. The number of amides is 1. The molecule has 1 amide bonds. The topological polar surface area (TPSA) is 93.4 Å². The lowest BCUT2D eigenvalue weighted by Gasteiger charge is -2.20. The van der Waals surface area contributed by atoms with Gasteiger partial charge in [-0.1, -0.05) is 24.3 Å². The Morgan fingerprint density at radius 1 is 1.11 bits per heavy atom. The molecule has 2 aromatic rings. The molecule has 0 bridgehead atoms. The van der Waals surface area contributed by atoms with Gasteiger partial charge in [-0.25, -0.2) is 4.79 Å². The van der Waals surface area contributed by atoms with Gasteiger partial charge in [-0.3, -0.25) is 4.79 Å².